The Bertz CT molecular complexity index is 512. The van der Waals surface area contributed by atoms with E-state index in [1.54, 1.807) is 0 Å². The number of aliphatic carboxylic acids is 1. The summed E-state index contributed by atoms with van der Waals surface area (Å²) >= 11 is 0. The predicted octanol–water partition coefficient (Wildman–Crippen LogP) is 1.11. The highest BCUT2D eigenvalue weighted by Crippen LogP contribution is 2.22. The van der Waals surface area contributed by atoms with Gasteiger partial charge in [-0.25, -0.2) is 0 Å². The fourth-order valence-corrected chi connectivity index (χ4v) is 1.42. The number of hydrogen-bond donors (Lipinski definition) is 2. The van der Waals surface area contributed by atoms with E-state index in [-0.39, 0.29) is 11.3 Å². The Balaban J connectivity index is 3.10. The first kappa shape index (κ1) is 13.6. The third-order valence-corrected chi connectivity index (χ3v) is 2.38. The summed E-state index contributed by atoms with van der Waals surface area (Å²) in [7, 11) is 0. The van der Waals surface area contributed by atoms with Gasteiger partial charge in [0.25, 0.3) is 11.6 Å². The fourth-order valence-electron chi connectivity index (χ4n) is 1.42. The Kier molecular flexibility index (Phi) is 3.98. The summed E-state index contributed by atoms with van der Waals surface area (Å²) in [6, 6.07) is 3.19. The summed E-state index contributed by atoms with van der Waals surface area (Å²) in [5.74, 6) is -1.99. The van der Waals surface area contributed by atoms with Crippen LogP contribution in [0.1, 0.15) is 22.8 Å². The van der Waals surface area contributed by atoms with Crippen molar-refractivity contribution in [3.8, 4) is 0 Å². The van der Waals surface area contributed by atoms with Gasteiger partial charge in [-0.15, -0.1) is 0 Å². The van der Waals surface area contributed by atoms with Crippen LogP contribution in [0.3, 0.4) is 0 Å². The van der Waals surface area contributed by atoms with Crippen LogP contribution in [-0.2, 0) is 4.79 Å². The van der Waals surface area contributed by atoms with Crippen LogP contribution in [0.5, 0.6) is 0 Å². The molecule has 0 saturated heterocycles. The summed E-state index contributed by atoms with van der Waals surface area (Å²) in [5, 5.41) is 21.7. The molecule has 7 nitrogen and oxygen atoms in total. The maximum atomic E-state index is 11.8. The molecule has 0 aliphatic rings. The third-order valence-electron chi connectivity index (χ3n) is 2.38. The number of rotatable bonds is 4. The molecule has 0 radical (unpaired) electrons. The van der Waals surface area contributed by atoms with Gasteiger partial charge < -0.3 is 10.4 Å². The first-order chi connectivity index (χ1) is 8.34. The number of amides is 1. The molecule has 1 aromatic rings. The highest BCUT2D eigenvalue weighted by atomic mass is 16.6. The predicted molar refractivity (Wildman–Crippen MR) is 62.4 cm³/mol. The molecule has 0 aromatic heterocycles. The van der Waals surface area contributed by atoms with E-state index in [9.17, 15) is 19.7 Å². The molecular weight excluding hydrogens is 240 g/mol. The van der Waals surface area contributed by atoms with Crippen LogP contribution >= 0.6 is 0 Å². The van der Waals surface area contributed by atoms with Crippen molar-refractivity contribution < 1.29 is 19.6 Å². The Morgan fingerprint density at radius 2 is 2.06 bits per heavy atom. The lowest BCUT2D eigenvalue weighted by Crippen LogP contribution is -2.38. The van der Waals surface area contributed by atoms with Gasteiger partial charge in [-0.2, -0.15) is 0 Å². The molecule has 0 spiro atoms. The van der Waals surface area contributed by atoms with E-state index in [1.165, 1.54) is 32.0 Å². The van der Waals surface area contributed by atoms with E-state index in [0.29, 0.717) is 5.56 Å². The fraction of sp³-hybridized carbons (Fsp3) is 0.273. The zero-order valence-electron chi connectivity index (χ0n) is 9.84. The van der Waals surface area contributed by atoms with Crippen LogP contribution in [0.4, 0.5) is 5.69 Å². The lowest BCUT2D eigenvalue weighted by atomic mass is 10.1. The Morgan fingerprint density at radius 1 is 1.44 bits per heavy atom. The van der Waals surface area contributed by atoms with Gasteiger partial charge in [0, 0.05) is 5.56 Å². The summed E-state index contributed by atoms with van der Waals surface area (Å²) in [6.07, 6.45) is 0. The molecule has 18 heavy (non-hydrogen) atoms. The Morgan fingerprint density at radius 3 is 2.56 bits per heavy atom. The summed E-state index contributed by atoms with van der Waals surface area (Å²) < 4.78 is 0. The number of carbonyl (C=O) groups excluding carboxylic acids is 1. The number of aryl methyl sites for hydroxylation is 1. The van der Waals surface area contributed by atoms with E-state index in [2.05, 4.69) is 5.32 Å². The van der Waals surface area contributed by atoms with Gasteiger partial charge in [0.15, 0.2) is 0 Å². The second-order valence-corrected chi connectivity index (χ2v) is 3.76. The lowest BCUT2D eigenvalue weighted by Gasteiger charge is -2.10. The smallest absolute Gasteiger partial charge is 0.325 e. The maximum Gasteiger partial charge on any atom is 0.325 e. The first-order valence-corrected chi connectivity index (χ1v) is 5.12. The quantitative estimate of drug-likeness (QED) is 0.616. The number of benzene rings is 1. The molecule has 1 aromatic carbocycles. The summed E-state index contributed by atoms with van der Waals surface area (Å²) in [4.78, 5) is 32.6. The minimum absolute atomic E-state index is 0.145. The van der Waals surface area contributed by atoms with Crippen molar-refractivity contribution in [2.75, 3.05) is 0 Å². The average molecular weight is 252 g/mol. The topological polar surface area (TPSA) is 110 Å². The van der Waals surface area contributed by atoms with Crippen molar-refractivity contribution >= 4 is 17.6 Å². The van der Waals surface area contributed by atoms with E-state index in [0.717, 1.165) is 0 Å². The molecule has 1 atom stereocenters. The van der Waals surface area contributed by atoms with Gasteiger partial charge in [-0.1, -0.05) is 12.1 Å². The molecule has 0 aliphatic carbocycles. The van der Waals surface area contributed by atoms with Crippen LogP contribution < -0.4 is 5.32 Å². The highest BCUT2D eigenvalue weighted by molar-refractivity contribution is 6.00. The number of nitro groups is 1. The summed E-state index contributed by atoms with van der Waals surface area (Å²) in [5.41, 5.74) is -0.115. The van der Waals surface area contributed by atoms with Gasteiger partial charge in [-0.3, -0.25) is 19.7 Å². The molecule has 96 valence electrons. The lowest BCUT2D eigenvalue weighted by molar-refractivity contribution is -0.385. The van der Waals surface area contributed by atoms with E-state index >= 15 is 0 Å². The highest BCUT2D eigenvalue weighted by Gasteiger charge is 2.24. The van der Waals surface area contributed by atoms with Gasteiger partial charge >= 0.3 is 5.97 Å². The Labute approximate surface area is 103 Å². The maximum absolute atomic E-state index is 11.8. The number of nitrogens with one attached hydrogen (secondary N) is 1. The van der Waals surface area contributed by atoms with E-state index in [4.69, 9.17) is 5.11 Å². The van der Waals surface area contributed by atoms with Gasteiger partial charge in [-0.05, 0) is 19.9 Å². The molecular formula is C11H12N2O5. The van der Waals surface area contributed by atoms with Crippen molar-refractivity contribution in [1.29, 1.82) is 0 Å². The normalized spacial score (nSPS) is 11.7. The van der Waals surface area contributed by atoms with Gasteiger partial charge in [0.05, 0.1) is 4.92 Å². The van der Waals surface area contributed by atoms with Crippen molar-refractivity contribution in [3.63, 3.8) is 0 Å². The molecule has 0 heterocycles. The molecule has 7 heteroatoms. The molecule has 2 N–H and O–H groups in total. The number of carboxylic acid groups (broad SMARTS) is 1. The SMILES string of the molecule is Cc1cccc(C(=O)N[C@@H](C)C(=O)O)c1[N+](=O)[O-]. The first-order valence-electron chi connectivity index (χ1n) is 5.12. The zero-order valence-corrected chi connectivity index (χ0v) is 9.84. The van der Waals surface area contributed by atoms with E-state index in [1.807, 2.05) is 0 Å². The molecule has 0 unspecified atom stereocenters. The minimum Gasteiger partial charge on any atom is -0.480 e. The number of carbonyl (C=O) groups is 2. The zero-order chi connectivity index (χ0) is 13.9. The number of nitrogens with zero attached hydrogens (tertiary/aromatic N) is 1. The molecule has 1 amide bonds. The van der Waals surface area contributed by atoms with Crippen LogP contribution in [0.25, 0.3) is 0 Å². The monoisotopic (exact) mass is 252 g/mol. The van der Waals surface area contributed by atoms with E-state index < -0.39 is 22.8 Å². The molecule has 0 fully saturated rings. The number of para-hydroxylation sites is 1. The number of hydrogen-bond acceptors (Lipinski definition) is 4. The van der Waals surface area contributed by atoms with Crippen molar-refractivity contribution in [2.45, 2.75) is 19.9 Å². The van der Waals surface area contributed by atoms with Crippen molar-refractivity contribution in [2.24, 2.45) is 0 Å². The number of nitro benzene ring substituents is 1. The van der Waals surface area contributed by atoms with Gasteiger partial charge in [0.2, 0.25) is 0 Å². The standard InChI is InChI=1S/C11H12N2O5/c1-6-4-3-5-8(9(6)13(17)18)10(14)12-7(2)11(15)16/h3-5,7H,1-2H3,(H,12,14)(H,15,16)/t7-/m0/s1. The van der Waals surface area contributed by atoms with Crippen LogP contribution in [0.15, 0.2) is 18.2 Å². The summed E-state index contributed by atoms with van der Waals surface area (Å²) in [6.45, 7) is 2.79. The number of carboxylic acids is 1. The average Bonchev–Trinajstić information content (AvgIpc) is 2.27. The van der Waals surface area contributed by atoms with Crippen LogP contribution in [0.2, 0.25) is 0 Å². The molecule has 0 aliphatic heterocycles. The molecule has 1 rings (SSSR count). The minimum atomic E-state index is -1.21. The van der Waals surface area contributed by atoms with Crippen LogP contribution in [0, 0.1) is 17.0 Å². The van der Waals surface area contributed by atoms with Crippen molar-refractivity contribution in [3.05, 3.63) is 39.4 Å². The van der Waals surface area contributed by atoms with Crippen LogP contribution in [-0.4, -0.2) is 27.9 Å². The molecule has 0 saturated carbocycles. The van der Waals surface area contributed by atoms with Crippen molar-refractivity contribution in [1.82, 2.24) is 5.32 Å². The Hall–Kier alpha value is -2.44. The second kappa shape index (κ2) is 5.26. The van der Waals surface area contributed by atoms with Gasteiger partial charge in [0.1, 0.15) is 11.6 Å². The largest absolute Gasteiger partial charge is 0.480 e. The molecule has 0 bridgehead atoms. The second-order valence-electron chi connectivity index (χ2n) is 3.76. The third kappa shape index (κ3) is 2.82.